The topological polar surface area (TPSA) is 39.1 Å². The molecule has 0 aromatic heterocycles. The van der Waals surface area contributed by atoms with Crippen molar-refractivity contribution in [3.8, 4) is 6.07 Å². The SMILES string of the molecule is CCC(C)N(C)CCNCc1c(F)cc(C#N)cc1F. The van der Waals surface area contributed by atoms with Crippen LogP contribution in [0.1, 0.15) is 31.4 Å². The van der Waals surface area contributed by atoms with Crippen LogP contribution in [0.5, 0.6) is 0 Å². The van der Waals surface area contributed by atoms with Gasteiger partial charge < -0.3 is 10.2 Å². The van der Waals surface area contributed by atoms with E-state index < -0.39 is 11.6 Å². The minimum atomic E-state index is -0.677. The predicted molar refractivity (Wildman–Crippen MR) is 75.2 cm³/mol. The van der Waals surface area contributed by atoms with Gasteiger partial charge in [-0.05, 0) is 32.5 Å². The Labute approximate surface area is 119 Å². The molecule has 1 aromatic carbocycles. The standard InChI is InChI=1S/C15H21F2N3/c1-4-11(2)20(3)6-5-19-10-13-14(16)7-12(9-18)8-15(13)17/h7-8,11,19H,4-6,10H2,1-3H3. The first-order valence-corrected chi connectivity index (χ1v) is 6.78. The lowest BCUT2D eigenvalue weighted by Gasteiger charge is -2.23. The number of nitriles is 1. The molecule has 3 nitrogen and oxygen atoms in total. The van der Waals surface area contributed by atoms with Crippen molar-refractivity contribution in [2.75, 3.05) is 20.1 Å². The number of hydrogen-bond donors (Lipinski definition) is 1. The maximum Gasteiger partial charge on any atom is 0.131 e. The Morgan fingerprint density at radius 1 is 1.35 bits per heavy atom. The van der Waals surface area contributed by atoms with Crippen LogP contribution >= 0.6 is 0 Å². The molecule has 1 aromatic rings. The van der Waals surface area contributed by atoms with E-state index in [-0.39, 0.29) is 17.7 Å². The molecule has 0 saturated heterocycles. The van der Waals surface area contributed by atoms with Crippen molar-refractivity contribution in [3.05, 3.63) is 34.9 Å². The largest absolute Gasteiger partial charge is 0.311 e. The van der Waals surface area contributed by atoms with Gasteiger partial charge in [0, 0.05) is 31.2 Å². The van der Waals surface area contributed by atoms with Crippen LogP contribution in [-0.2, 0) is 6.54 Å². The summed E-state index contributed by atoms with van der Waals surface area (Å²) >= 11 is 0. The first-order valence-electron chi connectivity index (χ1n) is 6.78. The molecule has 1 unspecified atom stereocenters. The second-order valence-corrected chi connectivity index (χ2v) is 4.94. The third kappa shape index (κ3) is 4.55. The molecule has 0 aliphatic carbocycles. The monoisotopic (exact) mass is 281 g/mol. The molecule has 0 spiro atoms. The van der Waals surface area contributed by atoms with E-state index in [2.05, 4.69) is 24.1 Å². The summed E-state index contributed by atoms with van der Waals surface area (Å²) in [6.07, 6.45) is 1.06. The van der Waals surface area contributed by atoms with Gasteiger partial charge in [-0.1, -0.05) is 6.92 Å². The number of rotatable bonds is 7. The molecule has 110 valence electrons. The Kier molecular flexibility index (Phi) is 6.56. The fourth-order valence-corrected chi connectivity index (χ4v) is 1.84. The molecule has 0 aliphatic heterocycles. The Morgan fingerprint density at radius 3 is 2.45 bits per heavy atom. The zero-order chi connectivity index (χ0) is 15.1. The fourth-order valence-electron chi connectivity index (χ4n) is 1.84. The van der Waals surface area contributed by atoms with Crippen LogP contribution in [0, 0.1) is 23.0 Å². The molecule has 5 heteroatoms. The van der Waals surface area contributed by atoms with E-state index in [9.17, 15) is 8.78 Å². The molecule has 0 radical (unpaired) electrons. The maximum absolute atomic E-state index is 13.6. The van der Waals surface area contributed by atoms with E-state index in [1.807, 2.05) is 7.05 Å². The maximum atomic E-state index is 13.6. The van der Waals surface area contributed by atoms with Crippen LogP contribution in [0.25, 0.3) is 0 Å². The summed E-state index contributed by atoms with van der Waals surface area (Å²) in [4.78, 5) is 2.19. The van der Waals surface area contributed by atoms with Gasteiger partial charge in [0.2, 0.25) is 0 Å². The van der Waals surface area contributed by atoms with E-state index in [4.69, 9.17) is 5.26 Å². The Hall–Kier alpha value is -1.51. The first-order chi connectivity index (χ1) is 9.49. The summed E-state index contributed by atoms with van der Waals surface area (Å²) in [5.74, 6) is -1.35. The molecular formula is C15H21F2N3. The van der Waals surface area contributed by atoms with E-state index >= 15 is 0 Å². The summed E-state index contributed by atoms with van der Waals surface area (Å²) in [7, 11) is 2.03. The Morgan fingerprint density at radius 2 is 1.95 bits per heavy atom. The van der Waals surface area contributed by atoms with E-state index in [1.165, 1.54) is 0 Å². The van der Waals surface area contributed by atoms with Crippen molar-refractivity contribution < 1.29 is 8.78 Å². The van der Waals surface area contributed by atoms with Crippen LogP contribution in [0.15, 0.2) is 12.1 Å². The zero-order valence-corrected chi connectivity index (χ0v) is 12.2. The quantitative estimate of drug-likeness (QED) is 0.781. The van der Waals surface area contributed by atoms with E-state index in [0.717, 1.165) is 25.1 Å². The average Bonchev–Trinajstić information content (AvgIpc) is 2.44. The van der Waals surface area contributed by atoms with Crippen molar-refractivity contribution >= 4 is 0 Å². The van der Waals surface area contributed by atoms with Crippen LogP contribution < -0.4 is 5.32 Å². The van der Waals surface area contributed by atoms with Crippen molar-refractivity contribution in [2.45, 2.75) is 32.9 Å². The Bertz CT molecular complexity index is 459. The third-order valence-corrected chi connectivity index (χ3v) is 3.56. The van der Waals surface area contributed by atoms with Crippen LogP contribution in [0.2, 0.25) is 0 Å². The van der Waals surface area contributed by atoms with Gasteiger partial charge in [-0.3, -0.25) is 0 Å². The smallest absolute Gasteiger partial charge is 0.131 e. The number of halogens is 2. The van der Waals surface area contributed by atoms with Gasteiger partial charge in [-0.25, -0.2) is 8.78 Å². The molecule has 1 atom stereocenters. The first kappa shape index (κ1) is 16.5. The molecule has 0 amide bonds. The number of nitrogens with one attached hydrogen (secondary N) is 1. The number of hydrogen-bond acceptors (Lipinski definition) is 3. The summed E-state index contributed by atoms with van der Waals surface area (Å²) in [6.45, 7) is 5.85. The van der Waals surface area contributed by atoms with Gasteiger partial charge in [0.05, 0.1) is 11.6 Å². The molecule has 0 heterocycles. The molecular weight excluding hydrogens is 260 g/mol. The highest BCUT2D eigenvalue weighted by atomic mass is 19.1. The molecule has 0 bridgehead atoms. The van der Waals surface area contributed by atoms with Gasteiger partial charge in [0.15, 0.2) is 0 Å². The normalized spacial score (nSPS) is 12.4. The van der Waals surface area contributed by atoms with Crippen molar-refractivity contribution in [1.82, 2.24) is 10.2 Å². The van der Waals surface area contributed by atoms with Crippen LogP contribution in [-0.4, -0.2) is 31.1 Å². The van der Waals surface area contributed by atoms with E-state index in [1.54, 1.807) is 6.07 Å². The van der Waals surface area contributed by atoms with Gasteiger partial charge in [0.1, 0.15) is 11.6 Å². The lowest BCUT2D eigenvalue weighted by atomic mass is 10.1. The summed E-state index contributed by atoms with van der Waals surface area (Å²) in [6, 6.07) is 4.34. The number of likely N-dealkylation sites (N-methyl/N-ethyl adjacent to an activating group) is 1. The van der Waals surface area contributed by atoms with Crippen LogP contribution in [0.3, 0.4) is 0 Å². The predicted octanol–water partition coefficient (Wildman–Crippen LogP) is 2.66. The fraction of sp³-hybridized carbons (Fsp3) is 0.533. The highest BCUT2D eigenvalue weighted by Gasteiger charge is 2.11. The molecule has 0 fully saturated rings. The second kappa shape index (κ2) is 7.93. The molecule has 0 saturated carbocycles. The van der Waals surface area contributed by atoms with Crippen molar-refractivity contribution in [1.29, 1.82) is 5.26 Å². The van der Waals surface area contributed by atoms with Crippen molar-refractivity contribution in [3.63, 3.8) is 0 Å². The van der Waals surface area contributed by atoms with E-state index in [0.29, 0.717) is 12.6 Å². The Balaban J connectivity index is 2.49. The second-order valence-electron chi connectivity index (χ2n) is 4.94. The van der Waals surface area contributed by atoms with Gasteiger partial charge in [0.25, 0.3) is 0 Å². The summed E-state index contributed by atoms with van der Waals surface area (Å²) < 4.78 is 27.3. The highest BCUT2D eigenvalue weighted by Crippen LogP contribution is 2.14. The molecule has 1 N–H and O–H groups in total. The van der Waals surface area contributed by atoms with Gasteiger partial charge >= 0.3 is 0 Å². The summed E-state index contributed by atoms with van der Waals surface area (Å²) in [5, 5.41) is 11.6. The lowest BCUT2D eigenvalue weighted by Crippen LogP contribution is -2.35. The summed E-state index contributed by atoms with van der Waals surface area (Å²) in [5.41, 5.74) is -0.0181. The molecule has 20 heavy (non-hydrogen) atoms. The molecule has 1 rings (SSSR count). The highest BCUT2D eigenvalue weighted by molar-refractivity contribution is 5.34. The minimum absolute atomic E-state index is 0.000235. The van der Waals surface area contributed by atoms with Gasteiger partial charge in [-0.15, -0.1) is 0 Å². The minimum Gasteiger partial charge on any atom is -0.311 e. The molecule has 0 aliphatic rings. The van der Waals surface area contributed by atoms with Crippen LogP contribution in [0.4, 0.5) is 8.78 Å². The zero-order valence-electron chi connectivity index (χ0n) is 12.2. The number of nitrogens with zero attached hydrogens (tertiary/aromatic N) is 2. The number of benzene rings is 1. The third-order valence-electron chi connectivity index (χ3n) is 3.56. The van der Waals surface area contributed by atoms with Crippen molar-refractivity contribution in [2.24, 2.45) is 0 Å². The lowest BCUT2D eigenvalue weighted by molar-refractivity contribution is 0.251. The average molecular weight is 281 g/mol. The van der Waals surface area contributed by atoms with Gasteiger partial charge in [-0.2, -0.15) is 5.26 Å².